The molecule has 0 saturated carbocycles. The summed E-state index contributed by atoms with van der Waals surface area (Å²) < 4.78 is 11.4. The van der Waals surface area contributed by atoms with Crippen molar-refractivity contribution in [2.45, 2.75) is 110 Å². The average molecular weight is 572 g/mol. The first-order valence-electron chi connectivity index (χ1n) is 16.1. The molecule has 0 aliphatic heterocycles. The van der Waals surface area contributed by atoms with Crippen LogP contribution in [0.1, 0.15) is 120 Å². The number of carbonyl (C=O) groups excluding carboxylic acids is 1. The van der Waals surface area contributed by atoms with Gasteiger partial charge in [0.1, 0.15) is 11.5 Å². The fourth-order valence-corrected chi connectivity index (χ4v) is 4.80. The van der Waals surface area contributed by atoms with Gasteiger partial charge in [-0.05, 0) is 67.1 Å². The lowest BCUT2D eigenvalue weighted by Crippen LogP contribution is -2.08. The largest absolute Gasteiger partial charge is 0.494 e. The molecule has 0 aliphatic carbocycles. The third-order valence-corrected chi connectivity index (χ3v) is 7.35. The summed E-state index contributed by atoms with van der Waals surface area (Å²) >= 11 is 0. The number of nitrogens with zero attached hydrogens (tertiary/aromatic N) is 3. The summed E-state index contributed by atoms with van der Waals surface area (Å²) in [6.07, 6.45) is 25.1. The van der Waals surface area contributed by atoms with Crippen molar-refractivity contribution in [3.8, 4) is 11.5 Å². The molecule has 0 atom stereocenters. The van der Waals surface area contributed by atoms with Crippen molar-refractivity contribution >= 4 is 17.3 Å². The summed E-state index contributed by atoms with van der Waals surface area (Å²) in [4.78, 5) is 16.5. The van der Waals surface area contributed by atoms with Gasteiger partial charge in [-0.3, -0.25) is 4.98 Å². The number of pyridine rings is 1. The summed E-state index contributed by atoms with van der Waals surface area (Å²) in [5.41, 5.74) is 1.86. The van der Waals surface area contributed by atoms with Crippen molar-refractivity contribution in [3.63, 3.8) is 0 Å². The number of rotatable bonds is 22. The van der Waals surface area contributed by atoms with Crippen LogP contribution in [0.15, 0.2) is 83.3 Å². The van der Waals surface area contributed by atoms with Crippen LogP contribution in [0, 0.1) is 0 Å². The molecule has 0 aliphatic rings. The zero-order valence-corrected chi connectivity index (χ0v) is 25.5. The van der Waals surface area contributed by atoms with Crippen LogP contribution in [-0.4, -0.2) is 17.6 Å². The minimum Gasteiger partial charge on any atom is -0.494 e. The molecule has 0 fully saturated rings. The van der Waals surface area contributed by atoms with Crippen LogP contribution in [0.25, 0.3) is 0 Å². The highest BCUT2D eigenvalue weighted by Crippen LogP contribution is 2.22. The van der Waals surface area contributed by atoms with Crippen molar-refractivity contribution in [1.29, 1.82) is 0 Å². The average Bonchev–Trinajstić information content (AvgIpc) is 3.03. The van der Waals surface area contributed by atoms with Crippen LogP contribution < -0.4 is 9.47 Å². The molecule has 0 amide bonds. The molecular formula is C36H49N3O3. The van der Waals surface area contributed by atoms with Crippen LogP contribution in [0.4, 0.5) is 11.4 Å². The van der Waals surface area contributed by atoms with E-state index in [0.29, 0.717) is 23.6 Å². The molecule has 6 heteroatoms. The number of esters is 1. The SMILES string of the molecule is CCCCCCCCCCCCCCCCCCOc1ccc(C(=O)Oc2ccc(N=Nc3ccncc3)cc2)cc1. The predicted molar refractivity (Wildman–Crippen MR) is 171 cm³/mol. The van der Waals surface area contributed by atoms with Gasteiger partial charge in [-0.15, -0.1) is 0 Å². The topological polar surface area (TPSA) is 73.1 Å². The van der Waals surface area contributed by atoms with Crippen molar-refractivity contribution < 1.29 is 14.3 Å². The summed E-state index contributed by atoms with van der Waals surface area (Å²) in [7, 11) is 0. The number of hydrogen-bond acceptors (Lipinski definition) is 6. The molecule has 42 heavy (non-hydrogen) atoms. The monoisotopic (exact) mass is 571 g/mol. The molecule has 0 saturated heterocycles. The Balaban J connectivity index is 1.19. The minimum atomic E-state index is -0.412. The van der Waals surface area contributed by atoms with Gasteiger partial charge in [0.2, 0.25) is 0 Å². The number of carbonyl (C=O) groups is 1. The van der Waals surface area contributed by atoms with E-state index in [-0.39, 0.29) is 0 Å². The molecule has 1 heterocycles. The summed E-state index contributed by atoms with van der Waals surface area (Å²) in [5, 5.41) is 8.34. The van der Waals surface area contributed by atoms with E-state index in [4.69, 9.17) is 9.47 Å². The highest BCUT2D eigenvalue weighted by molar-refractivity contribution is 5.91. The molecule has 0 N–H and O–H groups in total. The second kappa shape index (κ2) is 21.2. The summed E-state index contributed by atoms with van der Waals surface area (Å²) in [6, 6.07) is 17.6. The normalized spacial score (nSPS) is 11.2. The molecule has 3 rings (SSSR count). The van der Waals surface area contributed by atoms with Crippen molar-refractivity contribution in [1.82, 2.24) is 4.98 Å². The number of unbranched alkanes of at least 4 members (excludes halogenated alkanes) is 15. The van der Waals surface area contributed by atoms with Gasteiger partial charge >= 0.3 is 5.97 Å². The van der Waals surface area contributed by atoms with Gasteiger partial charge in [0, 0.05) is 12.4 Å². The van der Waals surface area contributed by atoms with Gasteiger partial charge < -0.3 is 9.47 Å². The van der Waals surface area contributed by atoms with Gasteiger partial charge in [0.05, 0.1) is 23.5 Å². The molecule has 0 radical (unpaired) electrons. The highest BCUT2D eigenvalue weighted by Gasteiger charge is 2.09. The zero-order valence-electron chi connectivity index (χ0n) is 25.5. The minimum absolute atomic E-state index is 0.412. The molecule has 0 spiro atoms. The highest BCUT2D eigenvalue weighted by atomic mass is 16.5. The van der Waals surface area contributed by atoms with Crippen LogP contribution in [0.2, 0.25) is 0 Å². The molecule has 226 valence electrons. The summed E-state index contributed by atoms with van der Waals surface area (Å²) in [6.45, 7) is 2.98. The fourth-order valence-electron chi connectivity index (χ4n) is 4.80. The lowest BCUT2D eigenvalue weighted by atomic mass is 10.0. The molecule has 6 nitrogen and oxygen atoms in total. The first-order valence-corrected chi connectivity index (χ1v) is 16.1. The number of benzene rings is 2. The van der Waals surface area contributed by atoms with Crippen LogP contribution in [0.3, 0.4) is 0 Å². The summed E-state index contributed by atoms with van der Waals surface area (Å²) in [5.74, 6) is 0.814. The van der Waals surface area contributed by atoms with Gasteiger partial charge in [-0.25, -0.2) is 4.79 Å². The van der Waals surface area contributed by atoms with Gasteiger partial charge in [0.25, 0.3) is 0 Å². The van der Waals surface area contributed by atoms with Gasteiger partial charge in [-0.1, -0.05) is 103 Å². The van der Waals surface area contributed by atoms with E-state index in [1.807, 2.05) is 12.1 Å². The van der Waals surface area contributed by atoms with Crippen LogP contribution in [0.5, 0.6) is 11.5 Å². The standard InChI is InChI=1S/C36H49N3O3/c1-2-3-4-5-6-7-8-9-10-11-12-13-14-15-16-17-30-41-34-22-18-31(19-23-34)36(40)42-35-24-20-32(21-25-35)38-39-33-26-28-37-29-27-33/h18-29H,2-17,30H2,1H3. The van der Waals surface area contributed by atoms with E-state index in [2.05, 4.69) is 22.1 Å². The van der Waals surface area contributed by atoms with Crippen LogP contribution in [-0.2, 0) is 0 Å². The van der Waals surface area contributed by atoms with E-state index in [1.165, 1.54) is 96.3 Å². The molecular weight excluding hydrogens is 522 g/mol. The Morgan fingerprint density at radius 2 is 1.02 bits per heavy atom. The number of hydrogen-bond donors (Lipinski definition) is 0. The van der Waals surface area contributed by atoms with Crippen LogP contribution >= 0.6 is 0 Å². The lowest BCUT2D eigenvalue weighted by Gasteiger charge is -2.08. The van der Waals surface area contributed by atoms with Crippen molar-refractivity contribution in [3.05, 3.63) is 78.6 Å². The fraction of sp³-hybridized carbons (Fsp3) is 0.500. The number of ether oxygens (including phenoxy) is 2. The Kier molecular flexibility index (Phi) is 16.6. The molecule has 1 aromatic heterocycles. The predicted octanol–water partition coefficient (Wildman–Crippen LogP) is 11.4. The van der Waals surface area contributed by atoms with E-state index in [9.17, 15) is 4.79 Å². The maximum atomic E-state index is 12.5. The molecule has 0 bridgehead atoms. The first-order chi connectivity index (χ1) is 20.7. The van der Waals surface area contributed by atoms with E-state index < -0.39 is 5.97 Å². The van der Waals surface area contributed by atoms with E-state index >= 15 is 0 Å². The zero-order chi connectivity index (χ0) is 29.5. The first kappa shape index (κ1) is 33.0. The second-order valence-corrected chi connectivity index (χ2v) is 11.0. The molecule has 0 unspecified atom stereocenters. The third kappa shape index (κ3) is 14.4. The lowest BCUT2D eigenvalue weighted by molar-refractivity contribution is 0.0734. The third-order valence-electron chi connectivity index (χ3n) is 7.35. The Morgan fingerprint density at radius 3 is 1.55 bits per heavy atom. The molecule has 3 aromatic rings. The maximum Gasteiger partial charge on any atom is 0.343 e. The second-order valence-electron chi connectivity index (χ2n) is 11.0. The van der Waals surface area contributed by atoms with Crippen molar-refractivity contribution in [2.75, 3.05) is 6.61 Å². The number of azo groups is 1. The Hall–Kier alpha value is -3.54. The Morgan fingerprint density at radius 1 is 0.571 bits per heavy atom. The number of aromatic nitrogens is 1. The Labute approximate surface area is 253 Å². The quantitative estimate of drug-likeness (QED) is 0.0520. The smallest absolute Gasteiger partial charge is 0.343 e. The van der Waals surface area contributed by atoms with E-state index in [1.54, 1.807) is 60.9 Å². The Bertz CT molecular complexity index is 1130. The van der Waals surface area contributed by atoms with Gasteiger partial charge in [-0.2, -0.15) is 10.2 Å². The van der Waals surface area contributed by atoms with Gasteiger partial charge in [0.15, 0.2) is 0 Å². The van der Waals surface area contributed by atoms with Crippen molar-refractivity contribution in [2.24, 2.45) is 10.2 Å². The molecule has 2 aromatic carbocycles. The maximum absolute atomic E-state index is 12.5. The van der Waals surface area contributed by atoms with E-state index in [0.717, 1.165) is 17.9 Å².